The first-order chi connectivity index (χ1) is 16.0. The van der Waals surface area contributed by atoms with E-state index in [1.165, 1.54) is 16.0 Å². The number of nitrogens with one attached hydrogen (secondary N) is 2. The summed E-state index contributed by atoms with van der Waals surface area (Å²) in [6, 6.07) is 12.6. The van der Waals surface area contributed by atoms with E-state index in [9.17, 15) is 9.59 Å². The van der Waals surface area contributed by atoms with Crippen LogP contribution in [0, 0.1) is 13.8 Å². The Bertz CT molecular complexity index is 1310. The number of ether oxygens (including phenoxy) is 1. The van der Waals surface area contributed by atoms with Crippen LogP contribution >= 0.6 is 11.3 Å². The third-order valence-electron chi connectivity index (χ3n) is 5.19. The summed E-state index contributed by atoms with van der Waals surface area (Å²) in [6.07, 6.45) is 2.04. The van der Waals surface area contributed by atoms with E-state index in [0.29, 0.717) is 34.9 Å². The molecule has 170 valence electrons. The van der Waals surface area contributed by atoms with E-state index in [4.69, 9.17) is 4.74 Å². The van der Waals surface area contributed by atoms with Crippen LogP contribution in [-0.4, -0.2) is 32.3 Å². The normalized spacial score (nSPS) is 10.9. The molecule has 0 spiro atoms. The molecule has 0 radical (unpaired) electrons. The molecule has 8 nitrogen and oxygen atoms in total. The van der Waals surface area contributed by atoms with Gasteiger partial charge >= 0.3 is 0 Å². The lowest BCUT2D eigenvalue weighted by Crippen LogP contribution is -2.20. The van der Waals surface area contributed by atoms with Gasteiger partial charge in [0, 0.05) is 22.9 Å². The van der Waals surface area contributed by atoms with Crippen molar-refractivity contribution in [2.75, 3.05) is 11.9 Å². The first-order valence-electron chi connectivity index (χ1n) is 10.7. The number of aryl methyl sites for hydroxylation is 1. The maximum atomic E-state index is 13.0. The number of carbonyl (C=O) groups excluding carboxylic acids is 1. The van der Waals surface area contributed by atoms with Gasteiger partial charge in [-0.15, -0.1) is 11.3 Å². The van der Waals surface area contributed by atoms with E-state index < -0.39 is 0 Å². The minimum atomic E-state index is -0.305. The topological polar surface area (TPSA) is 102 Å². The molecule has 1 amide bonds. The number of thiophene rings is 1. The number of rotatable bonds is 8. The third-order valence-corrected chi connectivity index (χ3v) is 6.08. The highest BCUT2D eigenvalue weighted by molar-refractivity contribution is 7.13. The van der Waals surface area contributed by atoms with Gasteiger partial charge in [-0.2, -0.15) is 9.78 Å². The molecular weight excluding hydrogens is 438 g/mol. The number of carbonyl (C=O) groups is 1. The third kappa shape index (κ3) is 5.04. The number of nitrogens with zero attached hydrogens (tertiary/aromatic N) is 3. The quantitative estimate of drug-likeness (QED) is 0.368. The molecule has 0 bridgehead atoms. The zero-order valence-electron chi connectivity index (χ0n) is 18.7. The summed E-state index contributed by atoms with van der Waals surface area (Å²) < 4.78 is 7.11. The molecule has 0 aliphatic heterocycles. The summed E-state index contributed by atoms with van der Waals surface area (Å²) in [5.41, 5.74) is 2.03. The second-order valence-electron chi connectivity index (χ2n) is 7.58. The largest absolute Gasteiger partial charge is 0.494 e. The minimum Gasteiger partial charge on any atom is -0.494 e. The van der Waals surface area contributed by atoms with Gasteiger partial charge in [0.25, 0.3) is 11.5 Å². The number of amides is 1. The molecule has 3 heterocycles. The fourth-order valence-electron chi connectivity index (χ4n) is 3.13. The summed E-state index contributed by atoms with van der Waals surface area (Å²) in [6.45, 7) is 6.23. The predicted molar refractivity (Wildman–Crippen MR) is 130 cm³/mol. The molecule has 0 saturated heterocycles. The second kappa shape index (κ2) is 9.83. The van der Waals surface area contributed by atoms with E-state index in [-0.39, 0.29) is 17.4 Å². The lowest BCUT2D eigenvalue weighted by molar-refractivity contribution is 0.102. The minimum absolute atomic E-state index is 0.237. The summed E-state index contributed by atoms with van der Waals surface area (Å²) >= 11 is 1.53. The first-order valence-corrected chi connectivity index (χ1v) is 11.6. The van der Waals surface area contributed by atoms with Crippen LogP contribution in [0.15, 0.2) is 52.6 Å². The molecule has 0 saturated carbocycles. The van der Waals surface area contributed by atoms with Crippen molar-refractivity contribution in [3.8, 4) is 22.3 Å². The Labute approximate surface area is 195 Å². The lowest BCUT2D eigenvalue weighted by atomic mass is 10.2. The van der Waals surface area contributed by atoms with E-state index in [0.717, 1.165) is 23.5 Å². The van der Waals surface area contributed by atoms with Gasteiger partial charge in [-0.3, -0.25) is 14.6 Å². The summed E-state index contributed by atoms with van der Waals surface area (Å²) in [5.74, 6) is 1.06. The van der Waals surface area contributed by atoms with E-state index >= 15 is 0 Å². The van der Waals surface area contributed by atoms with Crippen molar-refractivity contribution in [3.63, 3.8) is 0 Å². The number of aromatic amines is 1. The van der Waals surface area contributed by atoms with Gasteiger partial charge in [0.2, 0.25) is 5.95 Å². The number of anilines is 1. The van der Waals surface area contributed by atoms with Crippen LogP contribution < -0.4 is 15.6 Å². The highest BCUT2D eigenvalue weighted by Gasteiger charge is 2.18. The first kappa shape index (κ1) is 22.5. The van der Waals surface area contributed by atoms with Crippen molar-refractivity contribution in [1.82, 2.24) is 19.7 Å². The Hall–Kier alpha value is -3.72. The fraction of sp³-hybridized carbons (Fsp3) is 0.250. The van der Waals surface area contributed by atoms with Crippen LogP contribution in [0.4, 0.5) is 5.82 Å². The summed E-state index contributed by atoms with van der Waals surface area (Å²) in [4.78, 5) is 33.4. The zero-order valence-corrected chi connectivity index (χ0v) is 19.5. The molecule has 33 heavy (non-hydrogen) atoms. The monoisotopic (exact) mass is 463 g/mol. The van der Waals surface area contributed by atoms with Crippen LogP contribution in [0.5, 0.6) is 5.75 Å². The maximum Gasteiger partial charge on any atom is 0.256 e. The molecule has 1 aromatic carbocycles. The number of hydrogen-bond acceptors (Lipinski definition) is 6. The van der Waals surface area contributed by atoms with Gasteiger partial charge in [0.1, 0.15) is 17.3 Å². The second-order valence-corrected chi connectivity index (χ2v) is 8.53. The zero-order chi connectivity index (χ0) is 23.4. The predicted octanol–water partition coefficient (Wildman–Crippen LogP) is 4.73. The Morgan fingerprint density at radius 3 is 2.67 bits per heavy atom. The number of H-pyrrole nitrogens is 1. The molecule has 0 aliphatic rings. The van der Waals surface area contributed by atoms with Crippen LogP contribution in [0.3, 0.4) is 0 Å². The van der Waals surface area contributed by atoms with Crippen LogP contribution in [0.1, 0.15) is 41.4 Å². The Morgan fingerprint density at radius 2 is 2.00 bits per heavy atom. The number of hydrogen-bond donors (Lipinski definition) is 2. The van der Waals surface area contributed by atoms with Crippen molar-refractivity contribution in [3.05, 3.63) is 75.0 Å². The molecule has 3 aromatic heterocycles. The highest BCUT2D eigenvalue weighted by Crippen LogP contribution is 2.27. The SMILES string of the molecule is CCCCOc1ccc(C(=O)Nc2cc(-c3cccs3)nn2-c2nc(C)c(C)c(=O)[nH]2)cc1. The Kier molecular flexibility index (Phi) is 6.69. The fourth-order valence-corrected chi connectivity index (χ4v) is 3.81. The average Bonchev–Trinajstić information content (AvgIpc) is 3.48. The van der Waals surface area contributed by atoms with Gasteiger partial charge in [0.05, 0.1) is 11.5 Å². The van der Waals surface area contributed by atoms with Crippen molar-refractivity contribution >= 4 is 23.1 Å². The number of benzene rings is 1. The van der Waals surface area contributed by atoms with Gasteiger partial charge < -0.3 is 10.1 Å². The van der Waals surface area contributed by atoms with Crippen molar-refractivity contribution in [2.24, 2.45) is 0 Å². The highest BCUT2D eigenvalue weighted by atomic mass is 32.1. The molecule has 0 aliphatic carbocycles. The maximum absolute atomic E-state index is 13.0. The summed E-state index contributed by atoms with van der Waals surface area (Å²) in [7, 11) is 0. The molecular formula is C24H25N5O3S. The molecule has 4 aromatic rings. The Balaban J connectivity index is 1.64. The molecule has 0 unspecified atom stereocenters. The lowest BCUT2D eigenvalue weighted by Gasteiger charge is -2.10. The van der Waals surface area contributed by atoms with Crippen LogP contribution in [-0.2, 0) is 0 Å². The molecule has 0 fully saturated rings. The van der Waals surface area contributed by atoms with Crippen LogP contribution in [0.25, 0.3) is 16.5 Å². The van der Waals surface area contributed by atoms with Crippen molar-refractivity contribution in [1.29, 1.82) is 0 Å². The van der Waals surface area contributed by atoms with Gasteiger partial charge in [-0.25, -0.2) is 4.98 Å². The van der Waals surface area contributed by atoms with Crippen molar-refractivity contribution < 1.29 is 9.53 Å². The van der Waals surface area contributed by atoms with Crippen LogP contribution in [0.2, 0.25) is 0 Å². The number of unbranched alkanes of at least 4 members (excludes halogenated alkanes) is 1. The average molecular weight is 464 g/mol. The molecule has 2 N–H and O–H groups in total. The molecule has 9 heteroatoms. The van der Waals surface area contributed by atoms with Gasteiger partial charge in [-0.1, -0.05) is 19.4 Å². The van der Waals surface area contributed by atoms with Gasteiger partial charge in [0.15, 0.2) is 0 Å². The smallest absolute Gasteiger partial charge is 0.256 e. The van der Waals surface area contributed by atoms with Gasteiger partial charge in [-0.05, 0) is 56.0 Å². The Morgan fingerprint density at radius 1 is 1.21 bits per heavy atom. The molecule has 0 atom stereocenters. The van der Waals surface area contributed by atoms with E-state index in [1.54, 1.807) is 44.2 Å². The number of aromatic nitrogens is 4. The van der Waals surface area contributed by atoms with Crippen molar-refractivity contribution in [2.45, 2.75) is 33.6 Å². The standard InChI is InChI=1S/C24H25N5O3S/c1-4-5-12-32-18-10-8-17(9-11-18)23(31)26-21-14-19(20-7-6-13-33-20)28-29(21)24-25-16(3)15(2)22(30)27-24/h6-11,13-14H,4-5,12H2,1-3H3,(H,26,31)(H,25,27,30). The summed E-state index contributed by atoms with van der Waals surface area (Å²) in [5, 5.41) is 9.44. The van der Waals surface area contributed by atoms with E-state index in [2.05, 4.69) is 27.3 Å². The molecule has 4 rings (SSSR count). The van der Waals surface area contributed by atoms with E-state index in [1.807, 2.05) is 17.5 Å².